The molecule has 5 rings (SSSR count). The number of nitrogens with one attached hydrogen (secondary N) is 1. The van der Waals surface area contributed by atoms with E-state index in [1.807, 2.05) is 0 Å². The summed E-state index contributed by atoms with van der Waals surface area (Å²) in [6, 6.07) is 9.89. The summed E-state index contributed by atoms with van der Waals surface area (Å²) in [5.41, 5.74) is 4.56. The maximum atomic E-state index is 13.3. The van der Waals surface area contributed by atoms with E-state index in [1.165, 1.54) is 41.1 Å². The predicted octanol–water partition coefficient (Wildman–Crippen LogP) is 4.35. The Morgan fingerprint density at radius 3 is 2.50 bits per heavy atom. The van der Waals surface area contributed by atoms with Crippen LogP contribution in [0.3, 0.4) is 0 Å². The molecule has 1 unspecified atom stereocenters. The number of carbonyl (C=O) groups excluding carboxylic acids is 1. The lowest BCUT2D eigenvalue weighted by Crippen LogP contribution is -2.48. The van der Waals surface area contributed by atoms with Crippen molar-refractivity contribution in [1.29, 1.82) is 0 Å². The zero-order valence-corrected chi connectivity index (χ0v) is 20.9. The number of amides is 1. The van der Waals surface area contributed by atoms with Crippen LogP contribution in [0.2, 0.25) is 0 Å². The van der Waals surface area contributed by atoms with Gasteiger partial charge in [0, 0.05) is 49.4 Å². The van der Waals surface area contributed by atoms with E-state index >= 15 is 0 Å². The third-order valence-corrected chi connectivity index (χ3v) is 8.32. The van der Waals surface area contributed by atoms with E-state index in [1.54, 1.807) is 4.90 Å². The van der Waals surface area contributed by atoms with Crippen molar-refractivity contribution >= 4 is 17.7 Å². The number of aryl methyl sites for hydroxylation is 1. The molecule has 1 amide bonds. The number of hydrogen-bond acceptors (Lipinski definition) is 4. The van der Waals surface area contributed by atoms with Gasteiger partial charge in [-0.3, -0.25) is 4.79 Å². The summed E-state index contributed by atoms with van der Waals surface area (Å²) < 4.78 is 26.7. The minimum Gasteiger partial charge on any atom is -0.392 e. The van der Waals surface area contributed by atoms with E-state index in [4.69, 9.17) is 0 Å². The molecule has 36 heavy (non-hydrogen) atoms. The Morgan fingerprint density at radius 1 is 1.11 bits per heavy atom. The molecule has 0 saturated carbocycles. The summed E-state index contributed by atoms with van der Waals surface area (Å²) in [4.78, 5) is 16.7. The van der Waals surface area contributed by atoms with E-state index in [9.17, 15) is 18.7 Å². The number of fused-ring (bicyclic) bond motifs is 2. The second kappa shape index (κ2) is 10.3. The number of β-amino-alcohol motifs (C(OH)–C–C–N with tert-alkyl or cyclic N) is 1. The third kappa shape index (κ3) is 5.32. The summed E-state index contributed by atoms with van der Waals surface area (Å²) in [6.07, 6.45) is 6.10. The van der Waals surface area contributed by atoms with Crippen LogP contribution in [0.1, 0.15) is 42.4 Å². The molecule has 0 aromatic heterocycles. The van der Waals surface area contributed by atoms with Crippen molar-refractivity contribution in [2.45, 2.75) is 44.1 Å². The molecule has 2 saturated heterocycles. The number of benzene rings is 2. The van der Waals surface area contributed by atoms with Gasteiger partial charge in [-0.2, -0.15) is 0 Å². The molecule has 2 fully saturated rings. The van der Waals surface area contributed by atoms with Gasteiger partial charge in [-0.1, -0.05) is 17.7 Å². The summed E-state index contributed by atoms with van der Waals surface area (Å²) in [6.45, 7) is 6.94. The number of likely N-dealkylation sites (tertiary alicyclic amines) is 2. The highest BCUT2D eigenvalue weighted by molar-refractivity contribution is 5.91. The molecule has 5 nitrogen and oxygen atoms in total. The fraction of sp³-hybridized carbons (Fsp3) is 0.483. The molecule has 1 atom stereocenters. The third-order valence-electron chi connectivity index (χ3n) is 8.32. The number of piperidine rings is 2. The lowest BCUT2D eigenvalue weighted by molar-refractivity contribution is -0.128. The van der Waals surface area contributed by atoms with Crippen LogP contribution < -0.4 is 5.32 Å². The Kier molecular flexibility index (Phi) is 7.13. The molecule has 0 aliphatic carbocycles. The highest BCUT2D eigenvalue weighted by Crippen LogP contribution is 2.44. The smallest absolute Gasteiger partial charge is 0.246 e. The summed E-state index contributed by atoms with van der Waals surface area (Å²) in [5.74, 6) is -1.33. The number of halogens is 2. The Balaban J connectivity index is 1.08. The number of carbonyl (C=O) groups is 1. The molecule has 1 spiro atoms. The molecule has 192 valence electrons. The molecule has 2 N–H and O–H groups in total. The topological polar surface area (TPSA) is 55.8 Å². The molecule has 0 bridgehead atoms. The first-order chi connectivity index (χ1) is 17.3. The molecule has 3 heterocycles. The number of rotatable bonds is 5. The van der Waals surface area contributed by atoms with Gasteiger partial charge in [0.2, 0.25) is 5.91 Å². The Labute approximate surface area is 211 Å². The largest absolute Gasteiger partial charge is 0.392 e. The number of aliphatic hydroxyl groups excluding tert-OH is 1. The van der Waals surface area contributed by atoms with Gasteiger partial charge < -0.3 is 20.2 Å². The number of anilines is 1. The molecular weight excluding hydrogens is 460 g/mol. The second-order valence-corrected chi connectivity index (χ2v) is 10.7. The van der Waals surface area contributed by atoms with Crippen LogP contribution in [0.25, 0.3) is 6.08 Å². The first-order valence-corrected chi connectivity index (χ1v) is 13.0. The van der Waals surface area contributed by atoms with Gasteiger partial charge in [-0.05, 0) is 87.0 Å². The van der Waals surface area contributed by atoms with Crippen LogP contribution in [0, 0.1) is 24.5 Å². The van der Waals surface area contributed by atoms with Gasteiger partial charge in [-0.25, -0.2) is 8.78 Å². The van der Waals surface area contributed by atoms with Crippen molar-refractivity contribution in [3.8, 4) is 0 Å². The minimum atomic E-state index is -0.666. The van der Waals surface area contributed by atoms with Crippen molar-refractivity contribution in [2.24, 2.45) is 5.92 Å². The van der Waals surface area contributed by atoms with Gasteiger partial charge in [0.05, 0.1) is 6.10 Å². The summed E-state index contributed by atoms with van der Waals surface area (Å²) in [7, 11) is 0. The van der Waals surface area contributed by atoms with Gasteiger partial charge >= 0.3 is 0 Å². The van der Waals surface area contributed by atoms with Gasteiger partial charge in [0.25, 0.3) is 0 Å². The standard InChI is InChI=1S/C29H35F2N3O2/c1-20-2-4-26-25(14-20)29(19-32-26)8-12-33(13-9-29)18-27(35)22-6-10-34(11-7-22)28(36)5-3-21-15-23(30)17-24(31)16-21/h2-5,14-17,22,27,32,35H,6-13,18-19H2,1H3/b5-3+. The summed E-state index contributed by atoms with van der Waals surface area (Å²) in [5, 5.41) is 14.6. The van der Waals surface area contributed by atoms with Crippen molar-refractivity contribution in [3.63, 3.8) is 0 Å². The lowest BCUT2D eigenvalue weighted by atomic mass is 9.74. The molecule has 3 aliphatic rings. The maximum absolute atomic E-state index is 13.3. The van der Waals surface area contributed by atoms with Crippen molar-refractivity contribution in [3.05, 3.63) is 70.8 Å². The van der Waals surface area contributed by atoms with Crippen molar-refractivity contribution in [1.82, 2.24) is 9.80 Å². The molecule has 2 aromatic rings. The van der Waals surface area contributed by atoms with E-state index in [0.717, 1.165) is 51.4 Å². The Morgan fingerprint density at radius 2 is 1.81 bits per heavy atom. The molecule has 7 heteroatoms. The lowest BCUT2D eigenvalue weighted by Gasteiger charge is -2.41. The fourth-order valence-corrected chi connectivity index (χ4v) is 6.08. The quantitative estimate of drug-likeness (QED) is 0.606. The van der Waals surface area contributed by atoms with Crippen molar-refractivity contribution in [2.75, 3.05) is 44.6 Å². The highest BCUT2D eigenvalue weighted by Gasteiger charge is 2.42. The molecule has 0 radical (unpaired) electrons. The van der Waals surface area contributed by atoms with E-state index in [0.29, 0.717) is 25.2 Å². The van der Waals surface area contributed by atoms with E-state index in [2.05, 4.69) is 35.3 Å². The van der Waals surface area contributed by atoms with Crippen LogP contribution in [0.5, 0.6) is 0 Å². The zero-order valence-electron chi connectivity index (χ0n) is 20.9. The Hall–Kier alpha value is -2.77. The number of aliphatic hydroxyl groups is 1. The molecular formula is C29H35F2N3O2. The highest BCUT2D eigenvalue weighted by atomic mass is 19.1. The summed E-state index contributed by atoms with van der Waals surface area (Å²) >= 11 is 0. The van der Waals surface area contributed by atoms with Crippen LogP contribution >= 0.6 is 0 Å². The van der Waals surface area contributed by atoms with Crippen LogP contribution in [-0.2, 0) is 10.2 Å². The number of nitrogens with zero attached hydrogens (tertiary/aromatic N) is 2. The average Bonchev–Trinajstić information content (AvgIpc) is 3.20. The van der Waals surface area contributed by atoms with Crippen LogP contribution in [0.4, 0.5) is 14.5 Å². The molecule has 2 aromatic carbocycles. The predicted molar refractivity (Wildman–Crippen MR) is 138 cm³/mol. The van der Waals surface area contributed by atoms with Crippen LogP contribution in [-0.4, -0.2) is 66.2 Å². The zero-order chi connectivity index (χ0) is 25.3. The fourth-order valence-electron chi connectivity index (χ4n) is 6.08. The monoisotopic (exact) mass is 495 g/mol. The van der Waals surface area contributed by atoms with Gasteiger partial charge in [0.1, 0.15) is 11.6 Å². The Bertz CT molecular complexity index is 1120. The molecule has 3 aliphatic heterocycles. The second-order valence-electron chi connectivity index (χ2n) is 10.7. The normalized spacial score (nSPS) is 21.1. The first-order valence-electron chi connectivity index (χ1n) is 13.0. The van der Waals surface area contributed by atoms with E-state index in [-0.39, 0.29) is 17.2 Å². The van der Waals surface area contributed by atoms with Crippen LogP contribution in [0.15, 0.2) is 42.5 Å². The maximum Gasteiger partial charge on any atom is 0.246 e. The minimum absolute atomic E-state index is 0.169. The number of hydrogen-bond donors (Lipinski definition) is 2. The average molecular weight is 496 g/mol. The van der Waals surface area contributed by atoms with Gasteiger partial charge in [-0.15, -0.1) is 0 Å². The van der Waals surface area contributed by atoms with Gasteiger partial charge in [0.15, 0.2) is 0 Å². The van der Waals surface area contributed by atoms with Crippen molar-refractivity contribution < 1.29 is 18.7 Å². The SMILES string of the molecule is Cc1ccc2c(c1)C1(CCN(CC(O)C3CCN(C(=O)/C=C/c4cc(F)cc(F)c4)CC3)CC1)CN2. The van der Waals surface area contributed by atoms with E-state index < -0.39 is 17.7 Å². The first kappa shape index (κ1) is 24.9.